The molecule has 3 aromatic rings. The number of nitrogens with one attached hydrogen (secondary N) is 1. The average Bonchev–Trinajstić information content (AvgIpc) is 3.49. The Bertz CT molecular complexity index is 1560. The van der Waals surface area contributed by atoms with Crippen LogP contribution in [-0.2, 0) is 24.8 Å². The highest BCUT2D eigenvalue weighted by Gasteiger charge is 2.38. The zero-order chi connectivity index (χ0) is 27.5. The number of hydrogen-bond acceptors (Lipinski definition) is 10. The Balaban J connectivity index is 1.57. The van der Waals surface area contributed by atoms with E-state index in [4.69, 9.17) is 4.74 Å². The first-order valence-corrected chi connectivity index (χ1v) is 15.6. The van der Waals surface area contributed by atoms with Gasteiger partial charge < -0.3 is 9.64 Å². The van der Waals surface area contributed by atoms with E-state index in [9.17, 15) is 25.6 Å². The molecule has 0 unspecified atom stereocenters. The van der Waals surface area contributed by atoms with Gasteiger partial charge in [0.2, 0.25) is 25.2 Å². The summed E-state index contributed by atoms with van der Waals surface area (Å²) in [4.78, 5) is 1.85. The number of fused-ring (bicyclic) bond motifs is 1. The summed E-state index contributed by atoms with van der Waals surface area (Å²) in [6, 6.07) is 2.94. The molecule has 4 heterocycles. The molecule has 208 valence electrons. The lowest BCUT2D eigenvalue weighted by molar-refractivity contribution is -0.0523. The van der Waals surface area contributed by atoms with Gasteiger partial charge in [0.05, 0.1) is 40.6 Å². The quantitative estimate of drug-likeness (QED) is 0.415. The summed E-state index contributed by atoms with van der Waals surface area (Å²) < 4.78 is 89.0. The lowest BCUT2D eigenvalue weighted by Crippen LogP contribution is -2.59. The van der Waals surface area contributed by atoms with E-state index in [1.807, 2.05) is 4.90 Å². The zero-order valence-corrected chi connectivity index (χ0v) is 23.3. The van der Waals surface area contributed by atoms with Crippen molar-refractivity contribution < 1.29 is 30.4 Å². The average molecular weight is 592 g/mol. The molecule has 0 spiro atoms. The standard InChI is InChI=1S/C21H27F2N7O5S3/c1-13(2)38(33,34)29-6-4-28(5-7-29)16-8-14(37(31,32)27-21(3)11-35-12-21)9-17-15(16)10-24-30(17)20-26-25-19(36-20)18(22)23/h8-10,13,18,27H,4-7,11-12H2,1-3H3. The first-order chi connectivity index (χ1) is 17.8. The smallest absolute Gasteiger partial charge is 0.291 e. The second-order valence-corrected chi connectivity index (χ2v) is 15.0. The van der Waals surface area contributed by atoms with E-state index in [0.717, 1.165) is 0 Å². The molecule has 2 aliphatic heterocycles. The Kier molecular flexibility index (Phi) is 6.96. The third-order valence-corrected chi connectivity index (χ3v) is 11.3. The van der Waals surface area contributed by atoms with Crippen LogP contribution in [0.5, 0.6) is 0 Å². The normalized spacial score (nSPS) is 19.0. The Labute approximate surface area is 222 Å². The van der Waals surface area contributed by atoms with Gasteiger partial charge in [-0.3, -0.25) is 0 Å². The molecule has 2 fully saturated rings. The van der Waals surface area contributed by atoms with Gasteiger partial charge in [-0.05, 0) is 32.9 Å². The van der Waals surface area contributed by atoms with Gasteiger partial charge in [0.15, 0.2) is 5.01 Å². The molecular weight excluding hydrogens is 564 g/mol. The molecule has 2 aliphatic rings. The van der Waals surface area contributed by atoms with Crippen LogP contribution in [0, 0.1) is 0 Å². The third kappa shape index (κ3) is 4.90. The molecule has 17 heteroatoms. The summed E-state index contributed by atoms with van der Waals surface area (Å²) in [6.07, 6.45) is -1.29. The molecule has 38 heavy (non-hydrogen) atoms. The summed E-state index contributed by atoms with van der Waals surface area (Å²) in [5, 5.41) is 11.2. The van der Waals surface area contributed by atoms with Gasteiger partial charge in [0, 0.05) is 37.3 Å². The highest BCUT2D eigenvalue weighted by atomic mass is 32.2. The molecule has 5 rings (SSSR count). The number of hydrogen-bond donors (Lipinski definition) is 1. The highest BCUT2D eigenvalue weighted by Crippen LogP contribution is 2.35. The number of aromatic nitrogens is 4. The number of sulfonamides is 2. The minimum Gasteiger partial charge on any atom is -0.377 e. The molecule has 2 aromatic heterocycles. The second-order valence-electron chi connectivity index (χ2n) is 9.79. The van der Waals surface area contributed by atoms with Gasteiger partial charge >= 0.3 is 0 Å². The summed E-state index contributed by atoms with van der Waals surface area (Å²) in [5.74, 6) is 0. The van der Waals surface area contributed by atoms with Gasteiger partial charge in [-0.15, -0.1) is 10.2 Å². The number of nitrogens with zero attached hydrogens (tertiary/aromatic N) is 6. The lowest BCUT2D eigenvalue weighted by atomic mass is 10.0. The van der Waals surface area contributed by atoms with E-state index in [1.165, 1.54) is 27.3 Å². The largest absolute Gasteiger partial charge is 0.377 e. The van der Waals surface area contributed by atoms with E-state index in [1.54, 1.807) is 20.8 Å². The molecule has 0 radical (unpaired) electrons. The van der Waals surface area contributed by atoms with Crippen LogP contribution in [0.15, 0.2) is 23.2 Å². The Morgan fingerprint density at radius 3 is 2.32 bits per heavy atom. The van der Waals surface area contributed by atoms with Crippen LogP contribution < -0.4 is 9.62 Å². The summed E-state index contributed by atoms with van der Waals surface area (Å²) in [6.45, 7) is 6.55. The highest BCUT2D eigenvalue weighted by molar-refractivity contribution is 7.89. The van der Waals surface area contributed by atoms with Crippen molar-refractivity contribution in [2.24, 2.45) is 0 Å². The van der Waals surface area contributed by atoms with Gasteiger partial charge in [-0.25, -0.2) is 35.0 Å². The number of alkyl halides is 2. The molecule has 0 aliphatic carbocycles. The van der Waals surface area contributed by atoms with Gasteiger partial charge in [0.1, 0.15) is 0 Å². The van der Waals surface area contributed by atoms with Crippen molar-refractivity contribution in [1.82, 2.24) is 29.0 Å². The topological polar surface area (TPSA) is 140 Å². The van der Waals surface area contributed by atoms with E-state index in [0.29, 0.717) is 41.0 Å². The molecule has 2 saturated heterocycles. The number of anilines is 1. The molecule has 12 nitrogen and oxygen atoms in total. The molecule has 0 atom stereocenters. The van der Waals surface area contributed by atoms with Crippen molar-refractivity contribution in [3.05, 3.63) is 23.3 Å². The van der Waals surface area contributed by atoms with E-state index < -0.39 is 42.3 Å². The summed E-state index contributed by atoms with van der Waals surface area (Å²) in [5.41, 5.74) is 0.118. The van der Waals surface area contributed by atoms with Crippen molar-refractivity contribution in [2.45, 2.75) is 42.9 Å². The molecule has 1 aromatic carbocycles. The fourth-order valence-corrected chi connectivity index (χ4v) is 7.74. The van der Waals surface area contributed by atoms with Crippen LogP contribution in [0.1, 0.15) is 32.2 Å². The van der Waals surface area contributed by atoms with Gasteiger partial charge in [-0.2, -0.15) is 9.40 Å². The molecule has 0 amide bonds. The van der Waals surface area contributed by atoms with Crippen LogP contribution in [0.4, 0.5) is 14.5 Å². The summed E-state index contributed by atoms with van der Waals surface area (Å²) in [7, 11) is -7.45. The van der Waals surface area contributed by atoms with Crippen LogP contribution in [0.3, 0.4) is 0 Å². The Morgan fingerprint density at radius 1 is 1.08 bits per heavy atom. The number of rotatable bonds is 8. The van der Waals surface area contributed by atoms with E-state index >= 15 is 0 Å². The fourth-order valence-electron chi connectivity index (χ4n) is 4.38. The van der Waals surface area contributed by atoms with Crippen LogP contribution in [-0.4, -0.2) is 91.3 Å². The predicted molar refractivity (Wildman–Crippen MR) is 137 cm³/mol. The van der Waals surface area contributed by atoms with Gasteiger partial charge in [-0.1, -0.05) is 11.3 Å². The van der Waals surface area contributed by atoms with Crippen LogP contribution in [0.25, 0.3) is 16.0 Å². The minimum absolute atomic E-state index is 0.0503. The first-order valence-electron chi connectivity index (χ1n) is 11.8. The SMILES string of the molecule is CC(C)S(=O)(=O)N1CCN(c2cc(S(=O)(=O)NC3(C)COC3)cc3c2cnn3-c2nnc(C(F)F)s2)CC1. The molecule has 1 N–H and O–H groups in total. The summed E-state index contributed by atoms with van der Waals surface area (Å²) >= 11 is 0.656. The number of halogens is 2. The van der Waals surface area contributed by atoms with Crippen molar-refractivity contribution in [1.29, 1.82) is 0 Å². The maximum absolute atomic E-state index is 13.4. The first kappa shape index (κ1) is 27.3. The maximum Gasteiger partial charge on any atom is 0.291 e. The van der Waals surface area contributed by atoms with E-state index in [2.05, 4.69) is 20.0 Å². The van der Waals surface area contributed by atoms with Crippen molar-refractivity contribution in [3.63, 3.8) is 0 Å². The van der Waals surface area contributed by atoms with E-state index in [-0.39, 0.29) is 36.3 Å². The number of ether oxygens (including phenoxy) is 1. The lowest BCUT2D eigenvalue weighted by Gasteiger charge is -2.38. The predicted octanol–water partition coefficient (Wildman–Crippen LogP) is 1.74. The minimum atomic E-state index is -4.02. The van der Waals surface area contributed by atoms with Crippen LogP contribution in [0.2, 0.25) is 0 Å². The Morgan fingerprint density at radius 2 is 1.76 bits per heavy atom. The third-order valence-electron chi connectivity index (χ3n) is 6.51. The zero-order valence-electron chi connectivity index (χ0n) is 20.8. The van der Waals surface area contributed by atoms with Crippen LogP contribution >= 0.6 is 11.3 Å². The molecule has 0 saturated carbocycles. The van der Waals surface area contributed by atoms with Crippen molar-refractivity contribution >= 4 is 48.0 Å². The number of piperazine rings is 1. The number of benzene rings is 1. The molecule has 0 bridgehead atoms. The monoisotopic (exact) mass is 591 g/mol. The van der Waals surface area contributed by atoms with Gasteiger partial charge in [0.25, 0.3) is 6.43 Å². The Hall–Kier alpha value is -2.31. The maximum atomic E-state index is 13.4. The fraction of sp³-hybridized carbons (Fsp3) is 0.571. The molecular formula is C21H27F2N7O5S3. The second kappa shape index (κ2) is 9.71. The van der Waals surface area contributed by atoms with Crippen molar-refractivity contribution in [2.75, 3.05) is 44.3 Å². The van der Waals surface area contributed by atoms with Crippen molar-refractivity contribution in [3.8, 4) is 5.13 Å².